The smallest absolute Gasteiger partial charge is 0.246 e. The van der Waals surface area contributed by atoms with Crippen LogP contribution < -0.4 is 5.32 Å². The van der Waals surface area contributed by atoms with Crippen LogP contribution in [0.25, 0.3) is 0 Å². The number of rotatable bonds is 3. The van der Waals surface area contributed by atoms with Crippen LogP contribution in [0.4, 0.5) is 0 Å². The maximum Gasteiger partial charge on any atom is 0.246 e. The van der Waals surface area contributed by atoms with Crippen molar-refractivity contribution in [3.05, 3.63) is 11.1 Å². The summed E-state index contributed by atoms with van der Waals surface area (Å²) in [5.74, 6) is -0.0785. The molecule has 0 spiro atoms. The third-order valence-corrected chi connectivity index (χ3v) is 1.61. The first-order chi connectivity index (χ1) is 5.59. The van der Waals surface area contributed by atoms with Crippen LogP contribution in [-0.2, 0) is 4.79 Å². The SMILES string of the molecule is CC(C)=C(C)C(=O)NCCC#N. The van der Waals surface area contributed by atoms with Gasteiger partial charge in [-0.15, -0.1) is 0 Å². The van der Waals surface area contributed by atoms with Crippen molar-refractivity contribution in [2.75, 3.05) is 6.54 Å². The topological polar surface area (TPSA) is 52.9 Å². The van der Waals surface area contributed by atoms with Gasteiger partial charge in [-0.1, -0.05) is 5.57 Å². The number of nitrogens with zero attached hydrogens (tertiary/aromatic N) is 1. The van der Waals surface area contributed by atoms with Crippen molar-refractivity contribution < 1.29 is 4.79 Å². The lowest BCUT2D eigenvalue weighted by Crippen LogP contribution is -2.25. The normalized spacial score (nSPS) is 8.50. The molecule has 0 fully saturated rings. The van der Waals surface area contributed by atoms with Gasteiger partial charge in [0.25, 0.3) is 0 Å². The summed E-state index contributed by atoms with van der Waals surface area (Å²) in [7, 11) is 0. The molecule has 0 atom stereocenters. The summed E-state index contributed by atoms with van der Waals surface area (Å²) in [5.41, 5.74) is 1.73. The van der Waals surface area contributed by atoms with Crippen molar-refractivity contribution in [1.82, 2.24) is 5.32 Å². The van der Waals surface area contributed by atoms with Crippen molar-refractivity contribution in [3.8, 4) is 6.07 Å². The molecule has 3 heteroatoms. The summed E-state index contributed by atoms with van der Waals surface area (Å²) in [5, 5.41) is 10.9. The van der Waals surface area contributed by atoms with Crippen molar-refractivity contribution in [1.29, 1.82) is 5.26 Å². The highest BCUT2D eigenvalue weighted by Gasteiger charge is 2.03. The first-order valence-electron chi connectivity index (χ1n) is 3.88. The first-order valence-corrected chi connectivity index (χ1v) is 3.88. The lowest BCUT2D eigenvalue weighted by molar-refractivity contribution is -0.117. The second-order valence-corrected chi connectivity index (χ2v) is 2.79. The second-order valence-electron chi connectivity index (χ2n) is 2.79. The van der Waals surface area contributed by atoms with Gasteiger partial charge in [-0.3, -0.25) is 4.79 Å². The fraction of sp³-hybridized carbons (Fsp3) is 0.556. The predicted molar refractivity (Wildman–Crippen MR) is 47.3 cm³/mol. The zero-order valence-corrected chi connectivity index (χ0v) is 7.77. The third-order valence-electron chi connectivity index (χ3n) is 1.61. The van der Waals surface area contributed by atoms with Crippen LogP contribution in [0.1, 0.15) is 27.2 Å². The summed E-state index contributed by atoms with van der Waals surface area (Å²) in [6.45, 7) is 5.98. The highest BCUT2D eigenvalue weighted by atomic mass is 16.1. The Bertz CT molecular complexity index is 231. The van der Waals surface area contributed by atoms with Gasteiger partial charge in [-0.2, -0.15) is 5.26 Å². The molecule has 1 amide bonds. The van der Waals surface area contributed by atoms with Crippen LogP contribution >= 0.6 is 0 Å². The Morgan fingerprint density at radius 2 is 2.00 bits per heavy atom. The molecule has 0 radical (unpaired) electrons. The molecule has 12 heavy (non-hydrogen) atoms. The summed E-state index contributed by atoms with van der Waals surface area (Å²) >= 11 is 0. The van der Waals surface area contributed by atoms with Gasteiger partial charge in [0.2, 0.25) is 5.91 Å². The number of allylic oxidation sites excluding steroid dienone is 1. The molecule has 66 valence electrons. The van der Waals surface area contributed by atoms with Crippen LogP contribution in [0.15, 0.2) is 11.1 Å². The van der Waals surface area contributed by atoms with Gasteiger partial charge < -0.3 is 5.32 Å². The van der Waals surface area contributed by atoms with E-state index in [2.05, 4.69) is 5.32 Å². The molecule has 1 N–H and O–H groups in total. The monoisotopic (exact) mass is 166 g/mol. The van der Waals surface area contributed by atoms with Crippen molar-refractivity contribution in [2.45, 2.75) is 27.2 Å². The van der Waals surface area contributed by atoms with E-state index in [9.17, 15) is 4.79 Å². The Morgan fingerprint density at radius 1 is 1.42 bits per heavy atom. The lowest BCUT2D eigenvalue weighted by Gasteiger charge is -2.03. The first kappa shape index (κ1) is 10.7. The standard InChI is InChI=1S/C9H14N2O/c1-7(2)8(3)9(12)11-6-4-5-10/h4,6H2,1-3H3,(H,11,12). The van der Waals surface area contributed by atoms with E-state index in [0.717, 1.165) is 11.1 Å². The predicted octanol–water partition coefficient (Wildman–Crippen LogP) is 1.37. The number of hydrogen-bond acceptors (Lipinski definition) is 2. The van der Waals surface area contributed by atoms with Gasteiger partial charge in [-0.25, -0.2) is 0 Å². The van der Waals surface area contributed by atoms with Crippen LogP contribution in [0.3, 0.4) is 0 Å². The highest BCUT2D eigenvalue weighted by molar-refractivity contribution is 5.93. The molecule has 0 unspecified atom stereocenters. The van der Waals surface area contributed by atoms with E-state index in [1.165, 1.54) is 0 Å². The van der Waals surface area contributed by atoms with E-state index in [1.54, 1.807) is 6.92 Å². The fourth-order valence-corrected chi connectivity index (χ4v) is 0.592. The van der Waals surface area contributed by atoms with E-state index >= 15 is 0 Å². The zero-order valence-electron chi connectivity index (χ0n) is 7.77. The molecule has 0 saturated heterocycles. The third kappa shape index (κ3) is 3.77. The molecule has 3 nitrogen and oxygen atoms in total. The molecule has 0 rings (SSSR count). The maximum absolute atomic E-state index is 11.2. The van der Waals surface area contributed by atoms with Crippen molar-refractivity contribution in [3.63, 3.8) is 0 Å². The van der Waals surface area contributed by atoms with E-state index in [0.29, 0.717) is 13.0 Å². The Labute approximate surface area is 73.1 Å². The van der Waals surface area contributed by atoms with Gasteiger partial charge in [0.15, 0.2) is 0 Å². The molecular weight excluding hydrogens is 152 g/mol. The van der Waals surface area contributed by atoms with Crippen LogP contribution in [0, 0.1) is 11.3 Å². The number of amides is 1. The number of nitrogens with one attached hydrogen (secondary N) is 1. The van der Waals surface area contributed by atoms with Crippen LogP contribution in [-0.4, -0.2) is 12.5 Å². The summed E-state index contributed by atoms with van der Waals surface area (Å²) in [4.78, 5) is 11.2. The Hall–Kier alpha value is -1.30. The van der Waals surface area contributed by atoms with Gasteiger partial charge in [-0.05, 0) is 20.8 Å². The Kier molecular flexibility index (Phi) is 4.78. The number of hydrogen-bond donors (Lipinski definition) is 1. The van der Waals surface area contributed by atoms with E-state index < -0.39 is 0 Å². The zero-order chi connectivity index (χ0) is 9.56. The van der Waals surface area contributed by atoms with Gasteiger partial charge in [0, 0.05) is 12.1 Å². The van der Waals surface area contributed by atoms with E-state index in [1.807, 2.05) is 19.9 Å². The summed E-state index contributed by atoms with van der Waals surface area (Å²) < 4.78 is 0. The van der Waals surface area contributed by atoms with E-state index in [-0.39, 0.29) is 5.91 Å². The Morgan fingerprint density at radius 3 is 2.42 bits per heavy atom. The van der Waals surface area contributed by atoms with E-state index in [4.69, 9.17) is 5.26 Å². The highest BCUT2D eigenvalue weighted by Crippen LogP contribution is 2.00. The minimum absolute atomic E-state index is 0.0785. The lowest BCUT2D eigenvalue weighted by atomic mass is 10.1. The van der Waals surface area contributed by atoms with Crippen molar-refractivity contribution in [2.24, 2.45) is 0 Å². The molecule has 0 heterocycles. The largest absolute Gasteiger partial charge is 0.351 e. The van der Waals surface area contributed by atoms with Crippen LogP contribution in [0.2, 0.25) is 0 Å². The number of nitriles is 1. The van der Waals surface area contributed by atoms with Gasteiger partial charge in [0.05, 0.1) is 12.5 Å². The summed E-state index contributed by atoms with van der Waals surface area (Å²) in [6.07, 6.45) is 0.363. The second kappa shape index (κ2) is 5.36. The maximum atomic E-state index is 11.2. The Balaban J connectivity index is 3.91. The average molecular weight is 166 g/mol. The molecular formula is C9H14N2O. The molecule has 0 aromatic rings. The van der Waals surface area contributed by atoms with Crippen LogP contribution in [0.5, 0.6) is 0 Å². The minimum Gasteiger partial charge on any atom is -0.351 e. The average Bonchev–Trinajstić information content (AvgIpc) is 2.03. The minimum atomic E-state index is -0.0785. The van der Waals surface area contributed by atoms with Crippen molar-refractivity contribution >= 4 is 5.91 Å². The molecule has 0 aliphatic rings. The molecule has 0 saturated carbocycles. The molecule has 0 aromatic heterocycles. The number of carbonyl (C=O) groups excluding carboxylic acids is 1. The molecule has 0 aliphatic carbocycles. The summed E-state index contributed by atoms with van der Waals surface area (Å²) in [6, 6.07) is 1.96. The fourth-order valence-electron chi connectivity index (χ4n) is 0.592. The van der Waals surface area contributed by atoms with Gasteiger partial charge in [0.1, 0.15) is 0 Å². The number of carbonyl (C=O) groups is 1. The van der Waals surface area contributed by atoms with Gasteiger partial charge >= 0.3 is 0 Å². The molecule has 0 bridgehead atoms. The quantitative estimate of drug-likeness (QED) is 0.508. The molecule has 0 aromatic carbocycles. The molecule has 0 aliphatic heterocycles.